The van der Waals surface area contributed by atoms with Gasteiger partial charge in [-0.3, -0.25) is 4.79 Å². The zero-order chi connectivity index (χ0) is 22.7. The van der Waals surface area contributed by atoms with Crippen LogP contribution < -0.4 is 10.6 Å². The molecule has 0 saturated heterocycles. The van der Waals surface area contributed by atoms with Crippen molar-refractivity contribution in [3.63, 3.8) is 0 Å². The molecule has 4 rings (SSSR count). The highest BCUT2D eigenvalue weighted by molar-refractivity contribution is 7.16. The number of benzene rings is 3. The maximum atomic E-state index is 13.0. The van der Waals surface area contributed by atoms with Gasteiger partial charge in [0.2, 0.25) is 0 Å². The van der Waals surface area contributed by atoms with Crippen LogP contribution in [0.4, 0.5) is 10.7 Å². The Balaban J connectivity index is 1.78. The van der Waals surface area contributed by atoms with E-state index in [0.717, 1.165) is 21.8 Å². The van der Waals surface area contributed by atoms with Crippen molar-refractivity contribution < 1.29 is 4.79 Å². The molecule has 0 fully saturated rings. The zero-order valence-corrected chi connectivity index (χ0v) is 19.7. The van der Waals surface area contributed by atoms with Crippen LogP contribution in [0.25, 0.3) is 0 Å². The summed E-state index contributed by atoms with van der Waals surface area (Å²) in [6.07, 6.45) is 0. The summed E-state index contributed by atoms with van der Waals surface area (Å²) in [6.45, 7) is 8.47. The van der Waals surface area contributed by atoms with Crippen molar-refractivity contribution in [2.24, 2.45) is 0 Å². The molecule has 3 nitrogen and oxygen atoms in total. The topological polar surface area (TPSA) is 41.1 Å². The average molecular weight is 441 g/mol. The van der Waals surface area contributed by atoms with Crippen LogP contribution in [-0.4, -0.2) is 5.91 Å². The SMILES string of the molecule is Cc1cc(C)cc(NC(c2ccccc2)c2c(NC(=O)c3ccccc3)sc(C)c2C)c1. The van der Waals surface area contributed by atoms with E-state index < -0.39 is 0 Å². The molecule has 4 heteroatoms. The molecule has 1 amide bonds. The summed E-state index contributed by atoms with van der Waals surface area (Å²) in [5.74, 6) is -0.0914. The molecule has 0 spiro atoms. The number of aryl methyl sites for hydroxylation is 3. The number of hydrogen-bond donors (Lipinski definition) is 2. The summed E-state index contributed by atoms with van der Waals surface area (Å²) < 4.78 is 0. The molecule has 0 aliphatic rings. The molecule has 0 radical (unpaired) electrons. The van der Waals surface area contributed by atoms with Gasteiger partial charge >= 0.3 is 0 Å². The van der Waals surface area contributed by atoms with Gasteiger partial charge in [-0.25, -0.2) is 0 Å². The summed E-state index contributed by atoms with van der Waals surface area (Å²) >= 11 is 1.63. The van der Waals surface area contributed by atoms with E-state index in [9.17, 15) is 4.79 Å². The summed E-state index contributed by atoms with van der Waals surface area (Å²) in [5.41, 5.74) is 7.62. The molecule has 162 valence electrons. The number of carbonyl (C=O) groups excluding carboxylic acids is 1. The van der Waals surface area contributed by atoms with E-state index in [4.69, 9.17) is 0 Å². The van der Waals surface area contributed by atoms with Crippen LogP contribution in [0, 0.1) is 27.7 Å². The van der Waals surface area contributed by atoms with E-state index in [0.29, 0.717) is 5.56 Å². The van der Waals surface area contributed by atoms with E-state index in [2.05, 4.69) is 80.8 Å². The van der Waals surface area contributed by atoms with Crippen LogP contribution in [-0.2, 0) is 0 Å². The second-order valence-electron chi connectivity index (χ2n) is 8.21. The van der Waals surface area contributed by atoms with E-state index in [-0.39, 0.29) is 11.9 Å². The Bertz CT molecular complexity index is 1210. The third-order valence-electron chi connectivity index (χ3n) is 5.65. The van der Waals surface area contributed by atoms with Gasteiger partial charge in [0.15, 0.2) is 0 Å². The predicted octanol–water partition coefficient (Wildman–Crippen LogP) is 7.44. The molecule has 3 aromatic carbocycles. The highest BCUT2D eigenvalue weighted by Crippen LogP contribution is 2.41. The van der Waals surface area contributed by atoms with Gasteiger partial charge in [0.1, 0.15) is 5.00 Å². The Hall–Kier alpha value is -3.37. The van der Waals surface area contributed by atoms with Crippen LogP contribution in [0.2, 0.25) is 0 Å². The molecule has 1 heterocycles. The maximum absolute atomic E-state index is 13.0. The molecule has 1 atom stereocenters. The predicted molar refractivity (Wildman–Crippen MR) is 136 cm³/mol. The first-order chi connectivity index (χ1) is 15.4. The van der Waals surface area contributed by atoms with Crippen molar-refractivity contribution in [3.05, 3.63) is 117 Å². The van der Waals surface area contributed by atoms with Crippen molar-refractivity contribution >= 4 is 27.9 Å². The quantitative estimate of drug-likeness (QED) is 0.327. The van der Waals surface area contributed by atoms with Gasteiger partial charge in [0.05, 0.1) is 6.04 Å². The molecule has 0 aliphatic heterocycles. The van der Waals surface area contributed by atoms with Crippen LogP contribution in [0.15, 0.2) is 78.9 Å². The molecule has 1 aromatic heterocycles. The number of thiophene rings is 1. The van der Waals surface area contributed by atoms with Crippen LogP contribution >= 0.6 is 11.3 Å². The fourth-order valence-electron chi connectivity index (χ4n) is 4.04. The van der Waals surface area contributed by atoms with Gasteiger partial charge in [-0.1, -0.05) is 54.6 Å². The average Bonchev–Trinajstić information content (AvgIpc) is 3.05. The fraction of sp³-hybridized carbons (Fsp3) is 0.179. The van der Waals surface area contributed by atoms with E-state index in [1.54, 1.807) is 11.3 Å². The first-order valence-electron chi connectivity index (χ1n) is 10.8. The fourth-order valence-corrected chi connectivity index (χ4v) is 5.14. The standard InChI is InChI=1S/C28H28N2OS/c1-18-15-19(2)17-24(16-18)29-26(22-11-7-5-8-12-22)25-20(3)21(4)32-28(25)30-27(31)23-13-9-6-10-14-23/h5-17,26,29H,1-4H3,(H,30,31). The van der Waals surface area contributed by atoms with Gasteiger partial charge in [-0.2, -0.15) is 0 Å². The maximum Gasteiger partial charge on any atom is 0.256 e. The number of nitrogens with one attached hydrogen (secondary N) is 2. The lowest BCUT2D eigenvalue weighted by molar-refractivity contribution is 0.102. The summed E-state index contributed by atoms with van der Waals surface area (Å²) in [4.78, 5) is 14.2. The normalized spacial score (nSPS) is 11.8. The molecule has 0 aliphatic carbocycles. The van der Waals surface area contributed by atoms with Crippen molar-refractivity contribution in [1.29, 1.82) is 0 Å². The molecular formula is C28H28N2OS. The van der Waals surface area contributed by atoms with E-state index in [1.807, 2.05) is 36.4 Å². The minimum absolute atomic E-state index is 0.0894. The molecule has 1 unspecified atom stereocenters. The first-order valence-corrected chi connectivity index (χ1v) is 11.6. The molecule has 32 heavy (non-hydrogen) atoms. The minimum Gasteiger partial charge on any atom is -0.374 e. The van der Waals surface area contributed by atoms with Gasteiger partial charge in [0, 0.05) is 21.7 Å². The lowest BCUT2D eigenvalue weighted by Crippen LogP contribution is -2.17. The van der Waals surface area contributed by atoms with Crippen molar-refractivity contribution in [2.75, 3.05) is 10.6 Å². The van der Waals surface area contributed by atoms with Gasteiger partial charge in [0.25, 0.3) is 5.91 Å². The summed E-state index contributed by atoms with van der Waals surface area (Å²) in [7, 11) is 0. The number of rotatable bonds is 6. The second kappa shape index (κ2) is 9.41. The van der Waals surface area contributed by atoms with Gasteiger partial charge in [-0.05, 0) is 74.2 Å². The molecule has 4 aromatic rings. The smallest absolute Gasteiger partial charge is 0.256 e. The third kappa shape index (κ3) is 4.76. The number of hydrogen-bond acceptors (Lipinski definition) is 3. The number of amides is 1. The highest BCUT2D eigenvalue weighted by Gasteiger charge is 2.25. The van der Waals surface area contributed by atoms with Crippen molar-refractivity contribution in [1.82, 2.24) is 0 Å². The first kappa shape index (κ1) is 21.8. The Kier molecular flexibility index (Phi) is 6.42. The van der Waals surface area contributed by atoms with E-state index in [1.165, 1.54) is 21.6 Å². The van der Waals surface area contributed by atoms with Crippen LogP contribution in [0.3, 0.4) is 0 Å². The Morgan fingerprint density at radius 2 is 1.41 bits per heavy atom. The third-order valence-corrected chi connectivity index (χ3v) is 6.79. The summed E-state index contributed by atoms with van der Waals surface area (Å²) in [5, 5.41) is 7.83. The largest absolute Gasteiger partial charge is 0.374 e. The monoisotopic (exact) mass is 440 g/mol. The van der Waals surface area contributed by atoms with Crippen molar-refractivity contribution in [2.45, 2.75) is 33.7 Å². The van der Waals surface area contributed by atoms with Gasteiger partial charge < -0.3 is 10.6 Å². The van der Waals surface area contributed by atoms with Gasteiger partial charge in [-0.15, -0.1) is 11.3 Å². The zero-order valence-electron chi connectivity index (χ0n) is 18.9. The lowest BCUT2D eigenvalue weighted by atomic mass is 9.95. The Morgan fingerprint density at radius 1 is 0.812 bits per heavy atom. The lowest BCUT2D eigenvalue weighted by Gasteiger charge is -2.23. The Labute approximate surface area is 194 Å². The molecule has 0 saturated carbocycles. The van der Waals surface area contributed by atoms with E-state index >= 15 is 0 Å². The number of carbonyl (C=O) groups is 1. The Morgan fingerprint density at radius 3 is 2.03 bits per heavy atom. The minimum atomic E-state index is -0.0914. The van der Waals surface area contributed by atoms with Crippen LogP contribution in [0.5, 0.6) is 0 Å². The molecule has 2 N–H and O–H groups in total. The molecular weight excluding hydrogens is 412 g/mol. The second-order valence-corrected chi connectivity index (χ2v) is 9.44. The highest BCUT2D eigenvalue weighted by atomic mass is 32.1. The van der Waals surface area contributed by atoms with Crippen LogP contribution in [0.1, 0.15) is 49.1 Å². The molecule has 0 bridgehead atoms. The number of anilines is 2. The summed E-state index contributed by atoms with van der Waals surface area (Å²) in [6, 6.07) is 26.2. The van der Waals surface area contributed by atoms with Crippen molar-refractivity contribution in [3.8, 4) is 0 Å².